The Morgan fingerprint density at radius 3 is 2.54 bits per heavy atom. The van der Waals surface area contributed by atoms with Gasteiger partial charge in [-0.3, -0.25) is 4.79 Å². The predicted octanol–water partition coefficient (Wildman–Crippen LogP) is 3.39. The van der Waals surface area contributed by atoms with Crippen LogP contribution in [0.25, 0.3) is 5.69 Å². The molecule has 2 aromatic carbocycles. The zero-order chi connectivity index (χ0) is 18.1. The number of ether oxygens (including phenoxy) is 1. The molecule has 2 heterocycles. The van der Waals surface area contributed by atoms with Crippen LogP contribution in [0.3, 0.4) is 0 Å². The number of benzene rings is 2. The lowest BCUT2D eigenvalue weighted by atomic mass is 10.00. The molecule has 0 atom stereocenters. The normalized spacial score (nSPS) is 13.4. The minimum atomic E-state index is -0.0186. The Balaban J connectivity index is 1.58. The van der Waals surface area contributed by atoms with Crippen molar-refractivity contribution in [3.05, 3.63) is 77.1 Å². The number of rotatable bonds is 3. The Kier molecular flexibility index (Phi) is 4.21. The molecule has 0 saturated carbocycles. The third kappa shape index (κ3) is 2.96. The lowest BCUT2D eigenvalue weighted by Crippen LogP contribution is -2.36. The highest BCUT2D eigenvalue weighted by molar-refractivity contribution is 5.92. The summed E-state index contributed by atoms with van der Waals surface area (Å²) in [5.41, 5.74) is 4.87. The molecule has 0 bridgehead atoms. The highest BCUT2D eigenvalue weighted by atomic mass is 16.5. The summed E-state index contributed by atoms with van der Waals surface area (Å²) in [6, 6.07) is 17.8. The first-order chi connectivity index (χ1) is 12.7. The topological polar surface area (TPSA) is 47.4 Å². The Morgan fingerprint density at radius 1 is 1.08 bits per heavy atom. The number of methoxy groups -OCH3 is 1. The van der Waals surface area contributed by atoms with Crippen LogP contribution >= 0.6 is 0 Å². The second-order valence-corrected chi connectivity index (χ2v) is 6.53. The summed E-state index contributed by atoms with van der Waals surface area (Å²) in [4.78, 5) is 14.8. The molecule has 3 aromatic rings. The van der Waals surface area contributed by atoms with Gasteiger partial charge in [0, 0.05) is 18.8 Å². The number of aromatic nitrogens is 2. The molecule has 132 valence electrons. The van der Waals surface area contributed by atoms with Crippen molar-refractivity contribution in [2.24, 2.45) is 0 Å². The van der Waals surface area contributed by atoms with Gasteiger partial charge >= 0.3 is 0 Å². The van der Waals surface area contributed by atoms with E-state index in [4.69, 9.17) is 4.74 Å². The molecule has 5 heteroatoms. The number of nitrogens with zero attached hydrogens (tertiary/aromatic N) is 3. The average molecular weight is 347 g/mol. The van der Waals surface area contributed by atoms with Gasteiger partial charge in [0.2, 0.25) is 0 Å². The molecular weight excluding hydrogens is 326 g/mol. The number of hydrogen-bond acceptors (Lipinski definition) is 3. The maximum atomic E-state index is 12.9. The molecule has 1 aliphatic heterocycles. The third-order valence-electron chi connectivity index (χ3n) is 4.84. The van der Waals surface area contributed by atoms with Crippen molar-refractivity contribution in [2.45, 2.75) is 19.9 Å². The summed E-state index contributed by atoms with van der Waals surface area (Å²) in [5.74, 6) is 0.775. The standard InChI is InChI=1S/C21H21N3O2/c1-15-13-20(22-24(15)18-7-9-19(26-2)10-8-18)21(25)23-12-11-16-5-3-4-6-17(16)14-23/h3-10,13H,11-12,14H2,1-2H3. The molecule has 0 unspecified atom stereocenters. The summed E-state index contributed by atoms with van der Waals surface area (Å²) < 4.78 is 6.99. The second-order valence-electron chi connectivity index (χ2n) is 6.53. The molecule has 1 aromatic heterocycles. The van der Waals surface area contributed by atoms with Crippen LogP contribution in [0.5, 0.6) is 5.75 Å². The van der Waals surface area contributed by atoms with Crippen LogP contribution in [0, 0.1) is 6.92 Å². The van der Waals surface area contributed by atoms with E-state index in [2.05, 4.69) is 23.3 Å². The van der Waals surface area contributed by atoms with Gasteiger partial charge in [0.05, 0.1) is 12.8 Å². The van der Waals surface area contributed by atoms with Crippen LogP contribution in [0.1, 0.15) is 27.3 Å². The minimum absolute atomic E-state index is 0.0186. The molecule has 1 amide bonds. The number of amides is 1. The summed E-state index contributed by atoms with van der Waals surface area (Å²) in [5, 5.41) is 4.55. The maximum absolute atomic E-state index is 12.9. The fourth-order valence-electron chi connectivity index (χ4n) is 3.39. The molecule has 0 fully saturated rings. The van der Waals surface area contributed by atoms with Gasteiger partial charge in [-0.2, -0.15) is 5.10 Å². The van der Waals surface area contributed by atoms with Crippen LogP contribution in [-0.4, -0.2) is 34.2 Å². The quantitative estimate of drug-likeness (QED) is 0.730. The SMILES string of the molecule is COc1ccc(-n2nc(C(=O)N3CCc4ccccc4C3)cc2C)cc1. The average Bonchev–Trinajstić information content (AvgIpc) is 3.08. The fraction of sp³-hybridized carbons (Fsp3) is 0.238. The lowest BCUT2D eigenvalue weighted by molar-refractivity contribution is 0.0728. The number of carbonyl (C=O) groups excluding carboxylic acids is 1. The summed E-state index contributed by atoms with van der Waals surface area (Å²) in [7, 11) is 1.64. The van der Waals surface area contributed by atoms with E-state index in [1.165, 1.54) is 11.1 Å². The number of carbonyl (C=O) groups is 1. The first kappa shape index (κ1) is 16.4. The van der Waals surface area contributed by atoms with Crippen molar-refractivity contribution in [1.29, 1.82) is 0 Å². The van der Waals surface area contributed by atoms with Crippen molar-refractivity contribution in [3.8, 4) is 11.4 Å². The second kappa shape index (κ2) is 6.67. The first-order valence-corrected chi connectivity index (χ1v) is 8.73. The molecule has 0 spiro atoms. The van der Waals surface area contributed by atoms with E-state index >= 15 is 0 Å². The van der Waals surface area contributed by atoms with Crippen LogP contribution < -0.4 is 4.74 Å². The number of aryl methyl sites for hydroxylation is 1. The van der Waals surface area contributed by atoms with E-state index in [-0.39, 0.29) is 5.91 Å². The molecule has 0 aliphatic carbocycles. The van der Waals surface area contributed by atoms with Gasteiger partial charge in [0.1, 0.15) is 5.75 Å². The van der Waals surface area contributed by atoms with Crippen molar-refractivity contribution < 1.29 is 9.53 Å². The maximum Gasteiger partial charge on any atom is 0.274 e. The van der Waals surface area contributed by atoms with E-state index in [1.54, 1.807) is 11.8 Å². The van der Waals surface area contributed by atoms with E-state index in [9.17, 15) is 4.79 Å². The largest absolute Gasteiger partial charge is 0.497 e. The Bertz CT molecular complexity index is 944. The van der Waals surface area contributed by atoms with Gasteiger partial charge in [0.25, 0.3) is 5.91 Å². The molecule has 4 rings (SSSR count). The van der Waals surface area contributed by atoms with E-state index in [0.717, 1.165) is 30.1 Å². The molecule has 0 saturated heterocycles. The first-order valence-electron chi connectivity index (χ1n) is 8.73. The molecule has 1 aliphatic rings. The highest BCUT2D eigenvalue weighted by Crippen LogP contribution is 2.21. The minimum Gasteiger partial charge on any atom is -0.497 e. The lowest BCUT2D eigenvalue weighted by Gasteiger charge is -2.28. The van der Waals surface area contributed by atoms with Gasteiger partial charge in [-0.15, -0.1) is 0 Å². The van der Waals surface area contributed by atoms with Gasteiger partial charge < -0.3 is 9.64 Å². The van der Waals surface area contributed by atoms with Crippen molar-refractivity contribution >= 4 is 5.91 Å². The molecular formula is C21H21N3O2. The van der Waals surface area contributed by atoms with Crippen molar-refractivity contribution in [3.63, 3.8) is 0 Å². The molecule has 26 heavy (non-hydrogen) atoms. The number of fused-ring (bicyclic) bond motifs is 1. The predicted molar refractivity (Wildman–Crippen MR) is 99.7 cm³/mol. The Hall–Kier alpha value is -3.08. The summed E-state index contributed by atoms with van der Waals surface area (Å²) in [6.45, 7) is 3.33. The fourth-order valence-corrected chi connectivity index (χ4v) is 3.39. The van der Waals surface area contributed by atoms with Gasteiger partial charge in [-0.05, 0) is 54.8 Å². The van der Waals surface area contributed by atoms with E-state index in [0.29, 0.717) is 12.2 Å². The Labute approximate surface area is 152 Å². The molecule has 5 nitrogen and oxygen atoms in total. The molecule has 0 radical (unpaired) electrons. The zero-order valence-electron chi connectivity index (χ0n) is 15.0. The zero-order valence-corrected chi connectivity index (χ0v) is 15.0. The summed E-state index contributed by atoms with van der Waals surface area (Å²) in [6.07, 6.45) is 0.889. The van der Waals surface area contributed by atoms with Crippen LogP contribution in [-0.2, 0) is 13.0 Å². The van der Waals surface area contributed by atoms with Gasteiger partial charge in [-0.1, -0.05) is 24.3 Å². The highest BCUT2D eigenvalue weighted by Gasteiger charge is 2.24. The Morgan fingerprint density at radius 2 is 1.81 bits per heavy atom. The van der Waals surface area contributed by atoms with E-state index in [1.807, 2.05) is 48.2 Å². The van der Waals surface area contributed by atoms with Gasteiger partial charge in [-0.25, -0.2) is 4.68 Å². The van der Waals surface area contributed by atoms with Crippen LogP contribution in [0.4, 0.5) is 0 Å². The van der Waals surface area contributed by atoms with Gasteiger partial charge in [0.15, 0.2) is 5.69 Å². The number of hydrogen-bond donors (Lipinski definition) is 0. The van der Waals surface area contributed by atoms with Crippen molar-refractivity contribution in [2.75, 3.05) is 13.7 Å². The summed E-state index contributed by atoms with van der Waals surface area (Å²) >= 11 is 0. The van der Waals surface area contributed by atoms with E-state index < -0.39 is 0 Å². The van der Waals surface area contributed by atoms with Crippen LogP contribution in [0.2, 0.25) is 0 Å². The smallest absolute Gasteiger partial charge is 0.274 e. The third-order valence-corrected chi connectivity index (χ3v) is 4.84. The monoisotopic (exact) mass is 347 g/mol. The van der Waals surface area contributed by atoms with Crippen LogP contribution in [0.15, 0.2) is 54.6 Å². The van der Waals surface area contributed by atoms with Crippen molar-refractivity contribution in [1.82, 2.24) is 14.7 Å². The molecule has 0 N–H and O–H groups in total.